The van der Waals surface area contributed by atoms with Crippen LogP contribution in [0.2, 0.25) is 0 Å². The number of hydrogen-bond acceptors (Lipinski definition) is 4. The molecule has 4 nitrogen and oxygen atoms in total. The highest BCUT2D eigenvalue weighted by Gasteiger charge is 2.13. The lowest BCUT2D eigenvalue weighted by Gasteiger charge is -2.08. The van der Waals surface area contributed by atoms with Crippen molar-refractivity contribution < 1.29 is 14.2 Å². The molecule has 0 atom stereocenters. The normalized spacial score (nSPS) is 12.5. The molecule has 0 fully saturated rings. The Morgan fingerprint density at radius 1 is 1.26 bits per heavy atom. The van der Waals surface area contributed by atoms with Crippen LogP contribution >= 0.6 is 15.9 Å². The number of aromatic nitrogens is 1. The maximum Gasteiger partial charge on any atom is 0.231 e. The average Bonchev–Trinajstić information content (AvgIpc) is 2.88. The number of benzene rings is 1. The second kappa shape index (κ2) is 5.09. The summed E-state index contributed by atoms with van der Waals surface area (Å²) in [6.45, 7) is 2.72. The summed E-state index contributed by atoms with van der Waals surface area (Å²) in [5.74, 6) is 2.13. The molecule has 0 bridgehead atoms. The van der Waals surface area contributed by atoms with Crippen molar-refractivity contribution in [1.29, 1.82) is 0 Å². The van der Waals surface area contributed by atoms with Gasteiger partial charge in [-0.15, -0.1) is 0 Å². The van der Waals surface area contributed by atoms with E-state index in [2.05, 4.69) is 20.9 Å². The summed E-state index contributed by atoms with van der Waals surface area (Å²) in [7, 11) is 0. The van der Waals surface area contributed by atoms with E-state index in [1.54, 1.807) is 6.20 Å². The Kier molecular flexibility index (Phi) is 3.29. The smallest absolute Gasteiger partial charge is 0.231 e. The van der Waals surface area contributed by atoms with Gasteiger partial charge in [-0.25, -0.2) is 4.98 Å². The first kappa shape index (κ1) is 12.3. The van der Waals surface area contributed by atoms with Gasteiger partial charge in [-0.2, -0.15) is 0 Å². The van der Waals surface area contributed by atoms with Crippen LogP contribution in [0.4, 0.5) is 0 Å². The van der Waals surface area contributed by atoms with Crippen LogP contribution < -0.4 is 14.2 Å². The van der Waals surface area contributed by atoms with E-state index in [1.165, 1.54) is 0 Å². The molecular formula is C14H12BrNO3. The first-order valence-corrected chi connectivity index (χ1v) is 6.66. The third-order valence-corrected chi connectivity index (χ3v) is 3.83. The highest BCUT2D eigenvalue weighted by Crippen LogP contribution is 2.33. The zero-order valence-corrected chi connectivity index (χ0v) is 11.9. The molecule has 0 unspecified atom stereocenters. The van der Waals surface area contributed by atoms with E-state index >= 15 is 0 Å². The molecule has 19 heavy (non-hydrogen) atoms. The number of halogens is 1. The Morgan fingerprint density at radius 3 is 3.00 bits per heavy atom. The SMILES string of the molecule is Cc1ccnc(OCc2ccc3c(c2)OCO3)c1Br. The second-order valence-corrected chi connectivity index (χ2v) is 5.02. The fourth-order valence-corrected chi connectivity index (χ4v) is 2.15. The number of aryl methyl sites for hydroxylation is 1. The molecule has 0 radical (unpaired) electrons. The molecule has 1 aliphatic rings. The van der Waals surface area contributed by atoms with Gasteiger partial charge in [0.15, 0.2) is 11.5 Å². The fourth-order valence-electron chi connectivity index (χ4n) is 1.80. The minimum absolute atomic E-state index is 0.282. The summed E-state index contributed by atoms with van der Waals surface area (Å²) in [6, 6.07) is 7.69. The molecule has 0 amide bonds. The van der Waals surface area contributed by atoms with Crippen LogP contribution in [0.25, 0.3) is 0 Å². The van der Waals surface area contributed by atoms with Crippen LogP contribution in [0, 0.1) is 6.92 Å². The standard InChI is InChI=1S/C14H12BrNO3/c1-9-4-5-16-14(13(9)15)17-7-10-2-3-11-12(6-10)19-8-18-11/h2-6H,7-8H2,1H3. The monoisotopic (exact) mass is 321 g/mol. The van der Waals surface area contributed by atoms with Crippen molar-refractivity contribution in [2.75, 3.05) is 6.79 Å². The van der Waals surface area contributed by atoms with Crippen molar-refractivity contribution in [1.82, 2.24) is 4.98 Å². The largest absolute Gasteiger partial charge is 0.472 e. The van der Waals surface area contributed by atoms with Gasteiger partial charge in [0, 0.05) is 6.20 Å². The van der Waals surface area contributed by atoms with Crippen molar-refractivity contribution in [3.8, 4) is 17.4 Å². The van der Waals surface area contributed by atoms with Gasteiger partial charge < -0.3 is 14.2 Å². The van der Waals surface area contributed by atoms with E-state index < -0.39 is 0 Å². The van der Waals surface area contributed by atoms with Crippen LogP contribution in [0.15, 0.2) is 34.9 Å². The minimum Gasteiger partial charge on any atom is -0.472 e. The lowest BCUT2D eigenvalue weighted by Crippen LogP contribution is -1.98. The van der Waals surface area contributed by atoms with Gasteiger partial charge >= 0.3 is 0 Å². The first-order chi connectivity index (χ1) is 9.24. The number of rotatable bonds is 3. The van der Waals surface area contributed by atoms with Crippen LogP contribution in [-0.2, 0) is 6.61 Å². The van der Waals surface area contributed by atoms with Gasteiger partial charge in [0.2, 0.25) is 12.7 Å². The highest BCUT2D eigenvalue weighted by atomic mass is 79.9. The summed E-state index contributed by atoms with van der Waals surface area (Å²) in [5, 5.41) is 0. The van der Waals surface area contributed by atoms with Crippen molar-refractivity contribution in [2.24, 2.45) is 0 Å². The van der Waals surface area contributed by atoms with E-state index in [4.69, 9.17) is 14.2 Å². The van der Waals surface area contributed by atoms with Crippen LogP contribution in [0.5, 0.6) is 17.4 Å². The molecule has 1 aromatic heterocycles. The van der Waals surface area contributed by atoms with Crippen LogP contribution in [0.3, 0.4) is 0 Å². The lowest BCUT2D eigenvalue weighted by atomic mass is 10.2. The van der Waals surface area contributed by atoms with Crippen LogP contribution in [0.1, 0.15) is 11.1 Å². The predicted octanol–water partition coefficient (Wildman–Crippen LogP) is 3.46. The number of hydrogen-bond donors (Lipinski definition) is 0. The molecule has 1 aromatic carbocycles. The van der Waals surface area contributed by atoms with Crippen LogP contribution in [-0.4, -0.2) is 11.8 Å². The molecule has 0 spiro atoms. The molecule has 2 aromatic rings. The van der Waals surface area contributed by atoms with Gasteiger partial charge in [0.05, 0.1) is 4.47 Å². The quantitative estimate of drug-likeness (QED) is 0.868. The van der Waals surface area contributed by atoms with Crippen molar-refractivity contribution in [2.45, 2.75) is 13.5 Å². The second-order valence-electron chi connectivity index (χ2n) is 4.22. The highest BCUT2D eigenvalue weighted by molar-refractivity contribution is 9.10. The van der Waals surface area contributed by atoms with Gasteiger partial charge in [0.25, 0.3) is 0 Å². The van der Waals surface area contributed by atoms with Crippen molar-refractivity contribution in [3.05, 3.63) is 46.1 Å². The molecule has 5 heteroatoms. The predicted molar refractivity (Wildman–Crippen MR) is 73.6 cm³/mol. The summed E-state index contributed by atoms with van der Waals surface area (Å²) in [6.07, 6.45) is 1.73. The zero-order valence-electron chi connectivity index (χ0n) is 10.4. The topological polar surface area (TPSA) is 40.6 Å². The van der Waals surface area contributed by atoms with Crippen molar-refractivity contribution >= 4 is 15.9 Å². The third-order valence-electron chi connectivity index (χ3n) is 2.86. The molecule has 1 aliphatic heterocycles. The number of pyridine rings is 1. The molecule has 98 valence electrons. The Balaban J connectivity index is 1.74. The summed E-state index contributed by atoms with van der Waals surface area (Å²) < 4.78 is 17.2. The summed E-state index contributed by atoms with van der Waals surface area (Å²) in [5.41, 5.74) is 2.11. The molecular weight excluding hydrogens is 310 g/mol. The minimum atomic E-state index is 0.282. The molecule has 2 heterocycles. The molecule has 3 rings (SSSR count). The van der Waals surface area contributed by atoms with E-state index in [1.807, 2.05) is 31.2 Å². The van der Waals surface area contributed by atoms with Gasteiger partial charge in [-0.3, -0.25) is 0 Å². The van der Waals surface area contributed by atoms with E-state index in [-0.39, 0.29) is 6.79 Å². The maximum atomic E-state index is 5.71. The summed E-state index contributed by atoms with van der Waals surface area (Å²) in [4.78, 5) is 4.20. The van der Waals surface area contributed by atoms with E-state index in [0.29, 0.717) is 12.5 Å². The Labute approximate surface area is 119 Å². The maximum absolute atomic E-state index is 5.71. The average molecular weight is 322 g/mol. The molecule has 0 aliphatic carbocycles. The summed E-state index contributed by atoms with van der Waals surface area (Å²) >= 11 is 3.47. The Bertz CT molecular complexity index is 616. The van der Waals surface area contributed by atoms with Gasteiger partial charge in [-0.1, -0.05) is 6.07 Å². The van der Waals surface area contributed by atoms with Crippen molar-refractivity contribution in [3.63, 3.8) is 0 Å². The molecule has 0 N–H and O–H groups in total. The van der Waals surface area contributed by atoms with E-state index in [0.717, 1.165) is 27.1 Å². The number of fused-ring (bicyclic) bond motifs is 1. The number of ether oxygens (including phenoxy) is 3. The van der Waals surface area contributed by atoms with Gasteiger partial charge in [-0.05, 0) is 52.2 Å². The molecule has 0 saturated heterocycles. The third kappa shape index (κ3) is 2.51. The molecule has 0 saturated carbocycles. The Hall–Kier alpha value is -1.75. The number of nitrogens with zero attached hydrogens (tertiary/aromatic N) is 1. The zero-order chi connectivity index (χ0) is 13.2. The van der Waals surface area contributed by atoms with Gasteiger partial charge in [0.1, 0.15) is 6.61 Å². The lowest BCUT2D eigenvalue weighted by molar-refractivity contribution is 0.174. The van der Waals surface area contributed by atoms with E-state index in [9.17, 15) is 0 Å². The fraction of sp³-hybridized carbons (Fsp3) is 0.214. The first-order valence-electron chi connectivity index (χ1n) is 5.86. The Morgan fingerprint density at radius 2 is 2.11 bits per heavy atom.